The Morgan fingerprint density at radius 2 is 2.33 bits per heavy atom. The van der Waals surface area contributed by atoms with E-state index < -0.39 is 12.6 Å². The molecule has 0 heterocycles. The number of allylic oxidation sites excluding steroid dienone is 1. The number of aliphatic carboxylic acids is 1. The molecule has 5 heteroatoms. The van der Waals surface area contributed by atoms with Crippen molar-refractivity contribution in [2.45, 2.75) is 19.8 Å². The van der Waals surface area contributed by atoms with Gasteiger partial charge in [0.2, 0.25) is 0 Å². The molecule has 0 aliphatic rings. The minimum atomic E-state index is -0.948. The molecule has 84 valence electrons. The molecule has 15 heavy (non-hydrogen) atoms. The Kier molecular flexibility index (Phi) is 6.98. The molecule has 4 nitrogen and oxygen atoms in total. The van der Waals surface area contributed by atoms with Gasteiger partial charge in [-0.15, -0.1) is 0 Å². The van der Waals surface area contributed by atoms with Crippen molar-refractivity contribution in [1.29, 1.82) is 5.26 Å². The van der Waals surface area contributed by atoms with E-state index in [2.05, 4.69) is 0 Å². The van der Waals surface area contributed by atoms with Crippen LogP contribution in [0.25, 0.3) is 0 Å². The monoisotopic (exact) mass is 214 g/mol. The van der Waals surface area contributed by atoms with E-state index >= 15 is 0 Å². The number of hydrogen-bond donors (Lipinski definition) is 1. The maximum atomic E-state index is 11.9. The second-order valence-corrected chi connectivity index (χ2v) is 3.02. The number of carboxylic acid groups (broad SMARTS) is 1. The highest BCUT2D eigenvalue weighted by atomic mass is 19.1. The average molecular weight is 214 g/mol. The van der Waals surface area contributed by atoms with Crippen LogP contribution in [0.4, 0.5) is 4.39 Å². The molecular formula is C10H15FN2O2. The molecule has 0 aliphatic heterocycles. The molecule has 0 bridgehead atoms. The second kappa shape index (κ2) is 7.80. The first-order chi connectivity index (χ1) is 7.13. The van der Waals surface area contributed by atoms with Crippen LogP contribution in [0, 0.1) is 11.3 Å². The van der Waals surface area contributed by atoms with Crippen LogP contribution in [0.15, 0.2) is 11.8 Å². The molecule has 0 atom stereocenters. The number of nitriles is 1. The number of carbonyl (C=O) groups is 1. The van der Waals surface area contributed by atoms with Crippen LogP contribution in [0.5, 0.6) is 0 Å². The summed E-state index contributed by atoms with van der Waals surface area (Å²) in [6.45, 7) is 1.69. The zero-order valence-electron chi connectivity index (χ0n) is 8.74. The maximum Gasteiger partial charge on any atom is 0.323 e. The fourth-order valence-electron chi connectivity index (χ4n) is 1.05. The van der Waals surface area contributed by atoms with Gasteiger partial charge in [0.05, 0.1) is 12.7 Å². The first kappa shape index (κ1) is 13.4. The number of halogens is 1. The summed E-state index contributed by atoms with van der Waals surface area (Å²) in [5.41, 5.74) is 0.413. The van der Waals surface area contributed by atoms with Crippen molar-refractivity contribution in [2.24, 2.45) is 0 Å². The molecule has 1 N–H and O–H groups in total. The van der Waals surface area contributed by atoms with Gasteiger partial charge >= 0.3 is 5.97 Å². The van der Waals surface area contributed by atoms with Crippen LogP contribution in [0.2, 0.25) is 0 Å². The standard InChI is InChI=1S/C10H15FN2O2/c1-2-13(8-10(14)15)7-9(6-12)4-3-5-11/h7H,2-5,8H2,1H3,(H,14,15). The third-order valence-electron chi connectivity index (χ3n) is 1.81. The molecule has 0 unspecified atom stereocenters. The van der Waals surface area contributed by atoms with Crippen molar-refractivity contribution in [1.82, 2.24) is 4.90 Å². The van der Waals surface area contributed by atoms with E-state index in [0.29, 0.717) is 25.0 Å². The molecule has 0 aromatic heterocycles. The number of nitrogens with zero attached hydrogens (tertiary/aromatic N) is 2. The van der Waals surface area contributed by atoms with E-state index in [1.54, 1.807) is 6.92 Å². The minimum absolute atomic E-state index is 0.142. The van der Waals surface area contributed by atoms with Crippen LogP contribution < -0.4 is 0 Å². The van der Waals surface area contributed by atoms with E-state index in [9.17, 15) is 9.18 Å². The molecular weight excluding hydrogens is 199 g/mol. The summed E-state index contributed by atoms with van der Waals surface area (Å²) in [5, 5.41) is 17.3. The number of alkyl halides is 1. The van der Waals surface area contributed by atoms with Crippen molar-refractivity contribution in [3.63, 3.8) is 0 Å². The highest BCUT2D eigenvalue weighted by molar-refractivity contribution is 5.69. The molecule has 0 aliphatic carbocycles. The van der Waals surface area contributed by atoms with E-state index in [1.807, 2.05) is 6.07 Å². The number of rotatable bonds is 7. The lowest BCUT2D eigenvalue weighted by Crippen LogP contribution is -2.24. The molecule has 0 aromatic carbocycles. The molecule has 0 radical (unpaired) electrons. The van der Waals surface area contributed by atoms with Crippen LogP contribution in [-0.2, 0) is 4.79 Å². The summed E-state index contributed by atoms with van der Waals surface area (Å²) in [6.07, 6.45) is 2.14. The van der Waals surface area contributed by atoms with Gasteiger partial charge in [-0.2, -0.15) is 5.26 Å². The average Bonchev–Trinajstić information content (AvgIpc) is 2.21. The smallest absolute Gasteiger partial charge is 0.323 e. The first-order valence-electron chi connectivity index (χ1n) is 4.76. The Labute approximate surface area is 88.6 Å². The van der Waals surface area contributed by atoms with Crippen molar-refractivity contribution in [3.05, 3.63) is 11.8 Å². The number of hydrogen-bond acceptors (Lipinski definition) is 3. The Balaban J connectivity index is 4.35. The first-order valence-corrected chi connectivity index (χ1v) is 4.76. The van der Waals surface area contributed by atoms with Gasteiger partial charge in [0.25, 0.3) is 0 Å². The largest absolute Gasteiger partial charge is 0.480 e. The lowest BCUT2D eigenvalue weighted by Gasteiger charge is -2.15. The van der Waals surface area contributed by atoms with Crippen LogP contribution in [-0.4, -0.2) is 35.7 Å². The lowest BCUT2D eigenvalue weighted by atomic mass is 10.2. The molecule has 0 saturated heterocycles. The molecule has 0 rings (SSSR count). The summed E-state index contributed by atoms with van der Waals surface area (Å²) < 4.78 is 11.9. The predicted octanol–water partition coefficient (Wildman–Crippen LogP) is 1.55. The zero-order valence-corrected chi connectivity index (χ0v) is 8.74. The van der Waals surface area contributed by atoms with Crippen molar-refractivity contribution in [2.75, 3.05) is 19.8 Å². The highest BCUT2D eigenvalue weighted by Gasteiger charge is 2.05. The molecule has 0 saturated carbocycles. The highest BCUT2D eigenvalue weighted by Crippen LogP contribution is 2.06. The third-order valence-corrected chi connectivity index (χ3v) is 1.81. The summed E-state index contributed by atoms with van der Waals surface area (Å²) in [5.74, 6) is -0.948. The summed E-state index contributed by atoms with van der Waals surface area (Å²) in [7, 11) is 0. The molecule has 0 aromatic rings. The fraction of sp³-hybridized carbons (Fsp3) is 0.600. The van der Waals surface area contributed by atoms with Crippen molar-refractivity contribution in [3.8, 4) is 6.07 Å². The van der Waals surface area contributed by atoms with Crippen LogP contribution in [0.3, 0.4) is 0 Å². The quantitative estimate of drug-likeness (QED) is 0.653. The van der Waals surface area contributed by atoms with Gasteiger partial charge in [-0.05, 0) is 19.8 Å². The van der Waals surface area contributed by atoms with E-state index in [4.69, 9.17) is 10.4 Å². The SMILES string of the molecule is CCN(C=C(C#N)CCCF)CC(=O)O. The van der Waals surface area contributed by atoms with E-state index in [1.165, 1.54) is 11.1 Å². The number of likely N-dealkylation sites (N-methyl/N-ethyl adjacent to an activating group) is 1. The van der Waals surface area contributed by atoms with Gasteiger partial charge in [0.15, 0.2) is 0 Å². The van der Waals surface area contributed by atoms with Crippen LogP contribution in [0.1, 0.15) is 19.8 Å². The summed E-state index contributed by atoms with van der Waals surface area (Å²) >= 11 is 0. The molecule has 0 spiro atoms. The normalized spacial score (nSPS) is 10.9. The predicted molar refractivity (Wildman–Crippen MR) is 53.8 cm³/mol. The Hall–Kier alpha value is -1.57. The summed E-state index contributed by atoms with van der Waals surface area (Å²) in [6, 6.07) is 1.93. The van der Waals surface area contributed by atoms with Crippen LogP contribution >= 0.6 is 0 Å². The molecule has 0 amide bonds. The van der Waals surface area contributed by atoms with E-state index in [0.717, 1.165) is 0 Å². The van der Waals surface area contributed by atoms with Crippen molar-refractivity contribution < 1.29 is 14.3 Å². The van der Waals surface area contributed by atoms with Gasteiger partial charge in [0.1, 0.15) is 6.54 Å². The Morgan fingerprint density at radius 3 is 2.73 bits per heavy atom. The second-order valence-electron chi connectivity index (χ2n) is 3.02. The minimum Gasteiger partial charge on any atom is -0.480 e. The van der Waals surface area contributed by atoms with Gasteiger partial charge < -0.3 is 10.0 Å². The third kappa shape index (κ3) is 6.49. The molecule has 0 fully saturated rings. The van der Waals surface area contributed by atoms with Crippen molar-refractivity contribution >= 4 is 5.97 Å². The fourth-order valence-corrected chi connectivity index (χ4v) is 1.05. The van der Waals surface area contributed by atoms with E-state index in [-0.39, 0.29) is 6.54 Å². The maximum absolute atomic E-state index is 11.9. The topological polar surface area (TPSA) is 64.3 Å². The van der Waals surface area contributed by atoms with Gasteiger partial charge in [-0.1, -0.05) is 0 Å². The Bertz CT molecular complexity index is 271. The zero-order chi connectivity index (χ0) is 11.7. The van der Waals surface area contributed by atoms with Gasteiger partial charge in [-0.25, -0.2) is 0 Å². The van der Waals surface area contributed by atoms with Gasteiger partial charge in [0, 0.05) is 18.3 Å². The van der Waals surface area contributed by atoms with Gasteiger partial charge in [-0.3, -0.25) is 9.18 Å². The number of carboxylic acids is 1. The summed E-state index contributed by atoms with van der Waals surface area (Å²) in [4.78, 5) is 12.0. The lowest BCUT2D eigenvalue weighted by molar-refractivity contribution is -0.137. The Morgan fingerprint density at radius 1 is 1.67 bits per heavy atom.